The molecule has 0 unspecified atom stereocenters. The first-order valence-corrected chi connectivity index (χ1v) is 10.8. The third kappa shape index (κ3) is 7.25. The van der Waals surface area contributed by atoms with Crippen LogP contribution in [0.4, 0.5) is 4.39 Å². The third-order valence-corrected chi connectivity index (χ3v) is 5.19. The molecule has 0 aliphatic heterocycles. The minimum atomic E-state index is -0.732. The molecule has 2 aromatic rings. The van der Waals surface area contributed by atoms with Gasteiger partial charge in [0.05, 0.1) is 0 Å². The van der Waals surface area contributed by atoms with Crippen molar-refractivity contribution in [2.24, 2.45) is 0 Å². The van der Waals surface area contributed by atoms with E-state index in [1.807, 2.05) is 12.3 Å². The van der Waals surface area contributed by atoms with Crippen molar-refractivity contribution in [2.75, 3.05) is 25.7 Å². The van der Waals surface area contributed by atoms with Crippen molar-refractivity contribution in [1.29, 1.82) is 0 Å². The smallest absolute Gasteiger partial charge is 0.258 e. The maximum Gasteiger partial charge on any atom is 0.258 e. The summed E-state index contributed by atoms with van der Waals surface area (Å²) >= 11 is 7.63. The lowest BCUT2D eigenvalue weighted by molar-refractivity contribution is -0.136. The maximum atomic E-state index is 14.0. The lowest BCUT2D eigenvalue weighted by Crippen LogP contribution is -2.48. The minimum absolute atomic E-state index is 0.0104. The minimum Gasteiger partial charge on any atom is -0.484 e. The average Bonchev–Trinajstić information content (AvgIpc) is 2.72. The highest BCUT2D eigenvalue weighted by molar-refractivity contribution is 7.98. The Balaban J connectivity index is 1.99. The van der Waals surface area contributed by atoms with Crippen LogP contribution in [0.2, 0.25) is 5.02 Å². The Hall–Kier alpha value is -2.25. The molecule has 0 fully saturated rings. The van der Waals surface area contributed by atoms with Gasteiger partial charge in [0, 0.05) is 24.2 Å². The maximum absolute atomic E-state index is 14.0. The molecule has 1 atom stereocenters. The summed E-state index contributed by atoms with van der Waals surface area (Å²) in [5, 5.41) is 2.98. The molecule has 0 bridgehead atoms. The monoisotopic (exact) mass is 438 g/mol. The van der Waals surface area contributed by atoms with Gasteiger partial charge >= 0.3 is 0 Å². The van der Waals surface area contributed by atoms with E-state index in [1.165, 1.54) is 17.0 Å². The van der Waals surface area contributed by atoms with Gasteiger partial charge in [-0.15, -0.1) is 0 Å². The van der Waals surface area contributed by atoms with Crippen LogP contribution in [0.1, 0.15) is 12.0 Å². The number of nitrogens with zero attached hydrogens (tertiary/aromatic N) is 1. The van der Waals surface area contributed by atoms with Gasteiger partial charge in [-0.25, -0.2) is 4.39 Å². The fraction of sp³-hybridized carbons (Fsp3) is 0.333. The Labute approximate surface area is 179 Å². The van der Waals surface area contributed by atoms with Gasteiger partial charge in [0.1, 0.15) is 17.6 Å². The van der Waals surface area contributed by atoms with Gasteiger partial charge in [0.2, 0.25) is 5.91 Å². The summed E-state index contributed by atoms with van der Waals surface area (Å²) < 4.78 is 19.5. The molecule has 0 saturated carbocycles. The summed E-state index contributed by atoms with van der Waals surface area (Å²) in [6.07, 6.45) is 2.37. The fourth-order valence-electron chi connectivity index (χ4n) is 2.66. The van der Waals surface area contributed by atoms with E-state index in [1.54, 1.807) is 49.1 Å². The molecule has 0 spiro atoms. The van der Waals surface area contributed by atoms with Gasteiger partial charge in [-0.2, -0.15) is 11.8 Å². The van der Waals surface area contributed by atoms with Crippen LogP contribution in [-0.2, 0) is 16.1 Å². The predicted octanol–water partition coefficient (Wildman–Crippen LogP) is 3.75. The van der Waals surface area contributed by atoms with Crippen molar-refractivity contribution in [3.63, 3.8) is 0 Å². The number of halogens is 2. The molecule has 0 saturated heterocycles. The third-order valence-electron chi connectivity index (χ3n) is 4.19. The van der Waals surface area contributed by atoms with Gasteiger partial charge in [0.25, 0.3) is 5.91 Å². The first-order valence-electron chi connectivity index (χ1n) is 9.06. The molecule has 0 radical (unpaired) electrons. The molecule has 2 rings (SSSR count). The van der Waals surface area contributed by atoms with Crippen LogP contribution in [0.5, 0.6) is 5.75 Å². The topological polar surface area (TPSA) is 58.6 Å². The molecule has 2 aromatic carbocycles. The van der Waals surface area contributed by atoms with Crippen LogP contribution in [0.3, 0.4) is 0 Å². The predicted molar refractivity (Wildman–Crippen MR) is 115 cm³/mol. The van der Waals surface area contributed by atoms with E-state index in [0.29, 0.717) is 17.9 Å². The van der Waals surface area contributed by atoms with Gasteiger partial charge < -0.3 is 15.0 Å². The second-order valence-corrected chi connectivity index (χ2v) is 7.79. The zero-order valence-electron chi connectivity index (χ0n) is 16.4. The molecule has 0 heterocycles. The first kappa shape index (κ1) is 23.0. The number of para-hydroxylation sites is 1. The molecule has 1 N–H and O–H groups in total. The Morgan fingerprint density at radius 1 is 1.21 bits per heavy atom. The molecule has 156 valence electrons. The number of ether oxygens (including phenoxy) is 1. The number of thioether (sulfide) groups is 1. The highest BCUT2D eigenvalue weighted by atomic mass is 35.5. The summed E-state index contributed by atoms with van der Waals surface area (Å²) in [5.74, 6) is 0.0703. The fourth-order valence-corrected chi connectivity index (χ4v) is 3.35. The van der Waals surface area contributed by atoms with Crippen molar-refractivity contribution < 1.29 is 18.7 Å². The zero-order chi connectivity index (χ0) is 21.2. The second kappa shape index (κ2) is 11.7. The van der Waals surface area contributed by atoms with E-state index in [0.717, 1.165) is 0 Å². The highest BCUT2D eigenvalue weighted by Gasteiger charge is 2.25. The van der Waals surface area contributed by atoms with E-state index in [4.69, 9.17) is 16.3 Å². The quantitative estimate of drug-likeness (QED) is 0.613. The number of carbonyl (C=O) groups excluding carboxylic acids is 2. The molecule has 0 aliphatic carbocycles. The number of hydrogen-bond acceptors (Lipinski definition) is 4. The SMILES string of the molecule is CSCC[C@@H](NC(=O)COc1ccccc1)C(=O)N(C)Cc1c(F)cccc1Cl. The largest absolute Gasteiger partial charge is 0.484 e. The Morgan fingerprint density at radius 2 is 1.93 bits per heavy atom. The van der Waals surface area contributed by atoms with Crippen molar-refractivity contribution in [2.45, 2.75) is 19.0 Å². The number of nitrogens with one attached hydrogen (secondary N) is 1. The van der Waals surface area contributed by atoms with Crippen LogP contribution in [0.25, 0.3) is 0 Å². The zero-order valence-corrected chi connectivity index (χ0v) is 17.9. The Bertz CT molecular complexity index is 803. The number of rotatable bonds is 10. The summed E-state index contributed by atoms with van der Waals surface area (Å²) in [6.45, 7) is -0.188. The lowest BCUT2D eigenvalue weighted by Gasteiger charge is -2.25. The molecule has 2 amide bonds. The van der Waals surface area contributed by atoms with Crippen molar-refractivity contribution in [1.82, 2.24) is 10.2 Å². The molecule has 5 nitrogen and oxygen atoms in total. The normalized spacial score (nSPS) is 11.6. The van der Waals surface area contributed by atoms with Crippen molar-refractivity contribution in [3.8, 4) is 5.75 Å². The number of hydrogen-bond donors (Lipinski definition) is 1. The number of likely N-dealkylation sites (N-methyl/N-ethyl adjacent to an activating group) is 1. The lowest BCUT2D eigenvalue weighted by atomic mass is 10.1. The Morgan fingerprint density at radius 3 is 2.59 bits per heavy atom. The summed E-state index contributed by atoms with van der Waals surface area (Å²) in [6, 6.07) is 12.6. The number of benzene rings is 2. The van der Waals surface area contributed by atoms with Crippen LogP contribution in [0, 0.1) is 5.82 Å². The van der Waals surface area contributed by atoms with Crippen LogP contribution in [-0.4, -0.2) is 48.4 Å². The summed E-state index contributed by atoms with van der Waals surface area (Å²) in [4.78, 5) is 26.5. The van der Waals surface area contributed by atoms with E-state index < -0.39 is 17.8 Å². The standard InChI is InChI=1S/C21H24ClFN2O3S/c1-25(13-16-17(22)9-6-10-18(16)23)21(27)19(11-12-29-2)24-20(26)14-28-15-7-4-3-5-8-15/h3-10,19H,11-14H2,1-2H3,(H,24,26)/t19-/m1/s1. The first-order chi connectivity index (χ1) is 13.9. The Kier molecular flexibility index (Phi) is 9.28. The molecular weight excluding hydrogens is 415 g/mol. The van der Waals surface area contributed by atoms with E-state index in [2.05, 4.69) is 5.32 Å². The van der Waals surface area contributed by atoms with E-state index in [9.17, 15) is 14.0 Å². The van der Waals surface area contributed by atoms with Gasteiger partial charge in [-0.3, -0.25) is 9.59 Å². The van der Waals surface area contributed by atoms with Gasteiger partial charge in [0.15, 0.2) is 6.61 Å². The molecule has 29 heavy (non-hydrogen) atoms. The summed E-state index contributed by atoms with van der Waals surface area (Å²) in [5.41, 5.74) is 0.243. The van der Waals surface area contributed by atoms with Crippen LogP contribution < -0.4 is 10.1 Å². The second-order valence-electron chi connectivity index (χ2n) is 6.40. The van der Waals surface area contributed by atoms with Gasteiger partial charge in [-0.1, -0.05) is 35.9 Å². The molecule has 8 heteroatoms. The molecule has 0 aliphatic rings. The van der Waals surface area contributed by atoms with Crippen LogP contribution >= 0.6 is 23.4 Å². The summed E-state index contributed by atoms with van der Waals surface area (Å²) in [7, 11) is 1.56. The average molecular weight is 439 g/mol. The van der Waals surface area contributed by atoms with Crippen LogP contribution in [0.15, 0.2) is 48.5 Å². The molecule has 0 aromatic heterocycles. The molecular formula is C21H24ClFN2O3S. The van der Waals surface area contributed by atoms with Gasteiger partial charge in [-0.05, 0) is 42.7 Å². The number of carbonyl (C=O) groups is 2. The number of amides is 2. The highest BCUT2D eigenvalue weighted by Crippen LogP contribution is 2.21. The van der Waals surface area contributed by atoms with Crippen molar-refractivity contribution >= 4 is 35.2 Å². The van der Waals surface area contributed by atoms with E-state index in [-0.39, 0.29) is 29.6 Å². The van der Waals surface area contributed by atoms with E-state index >= 15 is 0 Å². The van der Waals surface area contributed by atoms with Crippen molar-refractivity contribution in [3.05, 3.63) is 64.9 Å².